The van der Waals surface area contributed by atoms with Crippen LogP contribution in [0.5, 0.6) is 11.5 Å². The number of methoxy groups -OCH3 is 2. The summed E-state index contributed by atoms with van der Waals surface area (Å²) >= 11 is 1.91. The fourth-order valence-corrected chi connectivity index (χ4v) is 3.89. The van der Waals surface area contributed by atoms with Crippen molar-refractivity contribution >= 4 is 41.7 Å². The van der Waals surface area contributed by atoms with Crippen molar-refractivity contribution in [3.63, 3.8) is 0 Å². The molecule has 154 valence electrons. The SMILES string of the molecule is CN=C(NCC1(SC)CCOCC1)NC(C)c1cc(OC)ccc1OC.I. The van der Waals surface area contributed by atoms with E-state index in [2.05, 4.69) is 28.8 Å². The lowest BCUT2D eigenvalue weighted by molar-refractivity contribution is 0.0782. The summed E-state index contributed by atoms with van der Waals surface area (Å²) in [6.45, 7) is 4.60. The second kappa shape index (κ2) is 11.9. The molecule has 2 N–H and O–H groups in total. The summed E-state index contributed by atoms with van der Waals surface area (Å²) in [6.07, 6.45) is 4.28. The van der Waals surface area contributed by atoms with Crippen LogP contribution in [0.4, 0.5) is 0 Å². The van der Waals surface area contributed by atoms with E-state index >= 15 is 0 Å². The van der Waals surface area contributed by atoms with Gasteiger partial charge in [-0.05, 0) is 44.2 Å². The molecular formula is C19H32IN3O3S. The van der Waals surface area contributed by atoms with Gasteiger partial charge in [0.15, 0.2) is 5.96 Å². The maximum absolute atomic E-state index is 5.52. The van der Waals surface area contributed by atoms with Gasteiger partial charge in [-0.3, -0.25) is 4.99 Å². The Hall–Kier alpha value is -0.870. The first-order chi connectivity index (χ1) is 12.6. The zero-order valence-electron chi connectivity index (χ0n) is 16.8. The summed E-state index contributed by atoms with van der Waals surface area (Å²) in [5, 5.41) is 6.94. The number of thioether (sulfide) groups is 1. The molecule has 0 saturated carbocycles. The van der Waals surface area contributed by atoms with E-state index in [-0.39, 0.29) is 34.8 Å². The van der Waals surface area contributed by atoms with Crippen LogP contribution in [0.2, 0.25) is 0 Å². The van der Waals surface area contributed by atoms with Crippen LogP contribution in [0, 0.1) is 0 Å². The number of halogens is 1. The molecule has 1 heterocycles. The highest BCUT2D eigenvalue weighted by Crippen LogP contribution is 2.33. The Kier molecular flexibility index (Phi) is 10.6. The molecule has 2 rings (SSSR count). The van der Waals surface area contributed by atoms with Crippen LogP contribution in [-0.2, 0) is 4.74 Å². The van der Waals surface area contributed by atoms with Crippen molar-refractivity contribution in [1.29, 1.82) is 0 Å². The lowest BCUT2D eigenvalue weighted by Gasteiger charge is -2.36. The molecule has 1 fully saturated rings. The van der Waals surface area contributed by atoms with Gasteiger partial charge in [0.2, 0.25) is 0 Å². The van der Waals surface area contributed by atoms with Crippen LogP contribution >= 0.6 is 35.7 Å². The van der Waals surface area contributed by atoms with Gasteiger partial charge < -0.3 is 24.8 Å². The quantitative estimate of drug-likeness (QED) is 0.334. The molecule has 1 aromatic rings. The van der Waals surface area contributed by atoms with Crippen molar-refractivity contribution in [3.8, 4) is 11.5 Å². The van der Waals surface area contributed by atoms with Gasteiger partial charge in [-0.15, -0.1) is 24.0 Å². The van der Waals surface area contributed by atoms with E-state index in [4.69, 9.17) is 14.2 Å². The second-order valence-corrected chi connectivity index (χ2v) is 7.67. The lowest BCUT2D eigenvalue weighted by Crippen LogP contribution is -2.48. The molecule has 1 unspecified atom stereocenters. The third-order valence-electron chi connectivity index (χ3n) is 4.90. The summed E-state index contributed by atoms with van der Waals surface area (Å²) in [4.78, 5) is 4.38. The number of nitrogens with one attached hydrogen (secondary N) is 2. The summed E-state index contributed by atoms with van der Waals surface area (Å²) in [6, 6.07) is 5.83. The molecule has 0 amide bonds. The van der Waals surface area contributed by atoms with Gasteiger partial charge in [0.1, 0.15) is 11.5 Å². The molecule has 0 radical (unpaired) electrons. The maximum Gasteiger partial charge on any atom is 0.191 e. The molecule has 8 heteroatoms. The molecule has 6 nitrogen and oxygen atoms in total. The van der Waals surface area contributed by atoms with E-state index in [1.807, 2.05) is 30.0 Å². The summed E-state index contributed by atoms with van der Waals surface area (Å²) in [7, 11) is 5.14. The van der Waals surface area contributed by atoms with Gasteiger partial charge in [-0.25, -0.2) is 0 Å². The number of hydrogen-bond donors (Lipinski definition) is 2. The van der Waals surface area contributed by atoms with E-state index in [9.17, 15) is 0 Å². The maximum atomic E-state index is 5.52. The predicted octanol–water partition coefficient (Wildman–Crippen LogP) is 3.46. The number of rotatable bonds is 7. The van der Waals surface area contributed by atoms with Gasteiger partial charge in [0, 0.05) is 37.1 Å². The minimum Gasteiger partial charge on any atom is -0.497 e. The molecule has 0 aromatic heterocycles. The second-order valence-electron chi connectivity index (χ2n) is 6.40. The number of nitrogens with zero attached hydrogens (tertiary/aromatic N) is 1. The first-order valence-corrected chi connectivity index (χ1v) is 10.1. The van der Waals surface area contributed by atoms with E-state index in [0.717, 1.165) is 55.6 Å². The highest BCUT2D eigenvalue weighted by molar-refractivity contribution is 14.0. The molecule has 1 atom stereocenters. The van der Waals surface area contributed by atoms with Crippen LogP contribution in [-0.4, -0.2) is 58.0 Å². The van der Waals surface area contributed by atoms with Crippen molar-refractivity contribution in [2.75, 3.05) is 47.3 Å². The number of benzene rings is 1. The van der Waals surface area contributed by atoms with Gasteiger partial charge in [0.25, 0.3) is 0 Å². The van der Waals surface area contributed by atoms with Gasteiger partial charge in [-0.2, -0.15) is 11.8 Å². The summed E-state index contributed by atoms with van der Waals surface area (Å²) in [5.41, 5.74) is 1.03. The number of hydrogen-bond acceptors (Lipinski definition) is 5. The van der Waals surface area contributed by atoms with Crippen molar-refractivity contribution in [3.05, 3.63) is 23.8 Å². The Bertz CT molecular complexity index is 610. The van der Waals surface area contributed by atoms with Crippen molar-refractivity contribution in [1.82, 2.24) is 10.6 Å². The van der Waals surface area contributed by atoms with Gasteiger partial charge in [0.05, 0.1) is 20.3 Å². The average Bonchev–Trinajstić information content (AvgIpc) is 2.71. The molecule has 0 aliphatic carbocycles. The molecule has 1 aromatic carbocycles. The van der Waals surface area contributed by atoms with Crippen LogP contribution in [0.15, 0.2) is 23.2 Å². The Morgan fingerprint density at radius 1 is 1.30 bits per heavy atom. The molecule has 1 aliphatic heterocycles. The molecule has 1 saturated heterocycles. The third-order valence-corrected chi connectivity index (χ3v) is 6.31. The van der Waals surface area contributed by atoms with Crippen molar-refractivity contribution < 1.29 is 14.2 Å². The van der Waals surface area contributed by atoms with Gasteiger partial charge in [-0.1, -0.05) is 0 Å². The summed E-state index contributed by atoms with van der Waals surface area (Å²) < 4.78 is 16.6. The predicted molar refractivity (Wildman–Crippen MR) is 124 cm³/mol. The van der Waals surface area contributed by atoms with Crippen molar-refractivity contribution in [2.24, 2.45) is 4.99 Å². The smallest absolute Gasteiger partial charge is 0.191 e. The number of ether oxygens (including phenoxy) is 3. The fraction of sp³-hybridized carbons (Fsp3) is 0.632. The Morgan fingerprint density at radius 2 is 2.00 bits per heavy atom. The first-order valence-electron chi connectivity index (χ1n) is 8.89. The van der Waals surface area contributed by atoms with Crippen molar-refractivity contribution in [2.45, 2.75) is 30.6 Å². The summed E-state index contributed by atoms with van der Waals surface area (Å²) in [5.74, 6) is 2.41. The molecule has 27 heavy (non-hydrogen) atoms. The third kappa shape index (κ3) is 6.60. The first kappa shape index (κ1) is 24.2. The van der Waals surface area contributed by atoms with Crippen LogP contribution in [0.25, 0.3) is 0 Å². The Balaban J connectivity index is 0.00000364. The van der Waals surface area contributed by atoms with E-state index in [1.54, 1.807) is 21.3 Å². The van der Waals surface area contributed by atoms with Crippen LogP contribution in [0.1, 0.15) is 31.4 Å². The molecule has 0 bridgehead atoms. The van der Waals surface area contributed by atoms with E-state index < -0.39 is 0 Å². The largest absolute Gasteiger partial charge is 0.497 e. The standard InChI is InChI=1S/C19H31N3O3S.HI/c1-14(16-12-15(23-3)6-7-17(16)24-4)22-18(20-2)21-13-19(26-5)8-10-25-11-9-19;/h6-7,12,14H,8-11,13H2,1-5H3,(H2,20,21,22);1H. The molecule has 0 spiro atoms. The number of guanidine groups is 1. The van der Waals surface area contributed by atoms with E-state index in [0.29, 0.717) is 0 Å². The van der Waals surface area contributed by atoms with Crippen LogP contribution in [0.3, 0.4) is 0 Å². The molecular weight excluding hydrogens is 477 g/mol. The highest BCUT2D eigenvalue weighted by atomic mass is 127. The zero-order valence-corrected chi connectivity index (χ0v) is 20.0. The minimum absolute atomic E-state index is 0. The Morgan fingerprint density at radius 3 is 2.56 bits per heavy atom. The topological polar surface area (TPSA) is 64.1 Å². The lowest BCUT2D eigenvalue weighted by atomic mass is 9.99. The van der Waals surface area contributed by atoms with Gasteiger partial charge >= 0.3 is 0 Å². The normalized spacial score (nSPS) is 17.4. The highest BCUT2D eigenvalue weighted by Gasteiger charge is 2.32. The zero-order chi connectivity index (χ0) is 19.0. The van der Waals surface area contributed by atoms with E-state index in [1.165, 1.54) is 0 Å². The monoisotopic (exact) mass is 509 g/mol. The number of aliphatic imine (C=N–C) groups is 1. The average molecular weight is 509 g/mol. The van der Waals surface area contributed by atoms with Crippen LogP contribution < -0.4 is 20.1 Å². The Labute approximate surface area is 184 Å². The minimum atomic E-state index is 0. The fourth-order valence-electron chi connectivity index (χ4n) is 3.10. The molecule has 1 aliphatic rings.